The highest BCUT2D eigenvalue weighted by atomic mass is 16.5. The zero-order chi connectivity index (χ0) is 16.2. The van der Waals surface area contributed by atoms with E-state index < -0.39 is 5.97 Å². The van der Waals surface area contributed by atoms with Crippen LogP contribution in [-0.2, 0) is 11.3 Å². The molecule has 0 saturated carbocycles. The maximum Gasteiger partial charge on any atom is 0.341 e. The van der Waals surface area contributed by atoms with Gasteiger partial charge in [-0.05, 0) is 44.4 Å². The summed E-state index contributed by atoms with van der Waals surface area (Å²) in [5, 5.41) is 11.5. The highest BCUT2D eigenvalue weighted by Crippen LogP contribution is 2.28. The fraction of sp³-hybridized carbons (Fsp3) is 0.500. The number of nitrogens with one attached hydrogen (secondary N) is 1. The van der Waals surface area contributed by atoms with Gasteiger partial charge in [0.25, 0.3) is 0 Å². The lowest BCUT2D eigenvalue weighted by atomic mass is 10.0. The maximum atomic E-state index is 12.2. The number of hydrogen-bond acceptors (Lipinski definition) is 3. The van der Waals surface area contributed by atoms with Crippen LogP contribution in [0.2, 0.25) is 0 Å². The van der Waals surface area contributed by atoms with E-state index in [1.807, 2.05) is 11.0 Å². The molecule has 0 aliphatic carbocycles. The molecular formula is C16H22N2O4. The van der Waals surface area contributed by atoms with Crippen molar-refractivity contribution >= 4 is 12.0 Å². The van der Waals surface area contributed by atoms with Crippen molar-refractivity contribution in [2.24, 2.45) is 0 Å². The van der Waals surface area contributed by atoms with E-state index in [2.05, 4.69) is 19.2 Å². The van der Waals surface area contributed by atoms with Gasteiger partial charge < -0.3 is 20.1 Å². The number of likely N-dealkylation sites (tertiary alicyclic amines) is 1. The molecule has 0 bridgehead atoms. The molecule has 1 fully saturated rings. The lowest BCUT2D eigenvalue weighted by Crippen LogP contribution is -2.47. The summed E-state index contributed by atoms with van der Waals surface area (Å²) in [5.74, 6) is -0.536. The van der Waals surface area contributed by atoms with E-state index in [0.717, 1.165) is 24.9 Å². The van der Waals surface area contributed by atoms with Crippen molar-refractivity contribution in [1.29, 1.82) is 0 Å². The topological polar surface area (TPSA) is 78.9 Å². The minimum atomic E-state index is -1.02. The Balaban J connectivity index is 1.90. The van der Waals surface area contributed by atoms with Crippen LogP contribution in [0.25, 0.3) is 0 Å². The van der Waals surface area contributed by atoms with Gasteiger partial charge in [-0.25, -0.2) is 9.59 Å². The number of hydrogen-bond donors (Lipinski definition) is 2. The number of ether oxygens (including phenoxy) is 1. The van der Waals surface area contributed by atoms with E-state index in [1.165, 1.54) is 0 Å². The predicted molar refractivity (Wildman–Crippen MR) is 81.8 cm³/mol. The summed E-state index contributed by atoms with van der Waals surface area (Å²) in [6.07, 6.45) is 2.04. The summed E-state index contributed by atoms with van der Waals surface area (Å²) in [6.45, 7) is 4.92. The van der Waals surface area contributed by atoms with Crippen LogP contribution < -0.4 is 10.1 Å². The molecule has 1 aromatic rings. The van der Waals surface area contributed by atoms with Crippen molar-refractivity contribution < 1.29 is 19.4 Å². The number of nitrogens with zero attached hydrogens (tertiary/aromatic N) is 1. The number of aliphatic carboxylic acids is 1. The van der Waals surface area contributed by atoms with Gasteiger partial charge in [0.15, 0.2) is 6.61 Å². The number of rotatable bonds is 5. The molecule has 6 nitrogen and oxygen atoms in total. The molecule has 0 unspecified atom stereocenters. The number of carbonyl (C=O) groups is 2. The van der Waals surface area contributed by atoms with Crippen molar-refractivity contribution in [2.75, 3.05) is 13.2 Å². The molecule has 1 aromatic carbocycles. The molecule has 120 valence electrons. The van der Waals surface area contributed by atoms with E-state index in [9.17, 15) is 9.59 Å². The van der Waals surface area contributed by atoms with Gasteiger partial charge in [-0.15, -0.1) is 0 Å². The van der Waals surface area contributed by atoms with Crippen LogP contribution in [0.1, 0.15) is 32.3 Å². The van der Waals surface area contributed by atoms with Gasteiger partial charge in [-0.2, -0.15) is 0 Å². The molecule has 2 rings (SSSR count). The summed E-state index contributed by atoms with van der Waals surface area (Å²) in [4.78, 5) is 24.6. The van der Waals surface area contributed by atoms with Crippen LogP contribution in [0.5, 0.6) is 5.75 Å². The van der Waals surface area contributed by atoms with Gasteiger partial charge in [0.05, 0.1) is 0 Å². The Morgan fingerprint density at radius 2 is 2.18 bits per heavy atom. The second-order valence-electron chi connectivity index (χ2n) is 6.06. The van der Waals surface area contributed by atoms with Gasteiger partial charge in [0.1, 0.15) is 5.75 Å². The minimum Gasteiger partial charge on any atom is -0.482 e. The third-order valence-electron chi connectivity index (χ3n) is 3.85. The van der Waals surface area contributed by atoms with Crippen molar-refractivity contribution in [3.05, 3.63) is 29.8 Å². The molecule has 1 aliphatic heterocycles. The molecule has 0 atom stereocenters. The molecule has 22 heavy (non-hydrogen) atoms. The summed E-state index contributed by atoms with van der Waals surface area (Å²) in [5.41, 5.74) is 0.768. The second kappa shape index (κ2) is 6.68. The van der Waals surface area contributed by atoms with E-state index in [-0.39, 0.29) is 18.2 Å². The van der Waals surface area contributed by atoms with Gasteiger partial charge in [0, 0.05) is 18.6 Å². The predicted octanol–water partition coefficient (Wildman–Crippen LogP) is 2.23. The van der Waals surface area contributed by atoms with Crippen LogP contribution in [0.4, 0.5) is 4.79 Å². The molecule has 0 radical (unpaired) electrons. The molecule has 1 saturated heterocycles. The number of amides is 2. The Morgan fingerprint density at radius 3 is 2.82 bits per heavy atom. The van der Waals surface area contributed by atoms with Crippen molar-refractivity contribution in [3.63, 3.8) is 0 Å². The van der Waals surface area contributed by atoms with Gasteiger partial charge in [0.2, 0.25) is 0 Å². The zero-order valence-electron chi connectivity index (χ0n) is 13.0. The SMILES string of the molecule is CC1(C)CCCN1C(=O)NCc1cccc(OCC(=O)O)c1. The molecule has 2 amide bonds. The quantitative estimate of drug-likeness (QED) is 0.874. The first-order valence-electron chi connectivity index (χ1n) is 7.37. The average molecular weight is 306 g/mol. The molecule has 2 N–H and O–H groups in total. The first kappa shape index (κ1) is 16.1. The van der Waals surface area contributed by atoms with Crippen LogP contribution in [0.15, 0.2) is 24.3 Å². The van der Waals surface area contributed by atoms with Crippen LogP contribution >= 0.6 is 0 Å². The fourth-order valence-corrected chi connectivity index (χ4v) is 2.65. The lowest BCUT2D eigenvalue weighted by Gasteiger charge is -2.31. The second-order valence-corrected chi connectivity index (χ2v) is 6.06. The molecule has 1 heterocycles. The average Bonchev–Trinajstić information content (AvgIpc) is 2.82. The Morgan fingerprint density at radius 1 is 1.41 bits per heavy atom. The Kier molecular flexibility index (Phi) is 4.90. The summed E-state index contributed by atoms with van der Waals surface area (Å²) in [7, 11) is 0. The minimum absolute atomic E-state index is 0.0700. The van der Waals surface area contributed by atoms with Gasteiger partial charge >= 0.3 is 12.0 Å². The highest BCUT2D eigenvalue weighted by Gasteiger charge is 2.35. The normalized spacial score (nSPS) is 16.4. The van der Waals surface area contributed by atoms with E-state index in [0.29, 0.717) is 12.3 Å². The smallest absolute Gasteiger partial charge is 0.341 e. The van der Waals surface area contributed by atoms with Crippen LogP contribution in [-0.4, -0.2) is 40.7 Å². The third-order valence-corrected chi connectivity index (χ3v) is 3.85. The maximum absolute atomic E-state index is 12.2. The zero-order valence-corrected chi connectivity index (χ0v) is 13.0. The van der Waals surface area contributed by atoms with Crippen LogP contribution in [0, 0.1) is 0 Å². The third kappa shape index (κ3) is 4.13. The molecule has 0 spiro atoms. The molecular weight excluding hydrogens is 284 g/mol. The van der Waals surface area contributed by atoms with Crippen molar-refractivity contribution in [3.8, 4) is 5.75 Å². The largest absolute Gasteiger partial charge is 0.482 e. The van der Waals surface area contributed by atoms with Crippen LogP contribution in [0.3, 0.4) is 0 Å². The summed E-state index contributed by atoms with van der Waals surface area (Å²) >= 11 is 0. The molecule has 6 heteroatoms. The first-order chi connectivity index (χ1) is 10.4. The molecule has 0 aromatic heterocycles. The summed E-state index contributed by atoms with van der Waals surface area (Å²) < 4.78 is 5.13. The van der Waals surface area contributed by atoms with Gasteiger partial charge in [-0.3, -0.25) is 0 Å². The fourth-order valence-electron chi connectivity index (χ4n) is 2.65. The van der Waals surface area contributed by atoms with Crippen molar-refractivity contribution in [2.45, 2.75) is 38.8 Å². The van der Waals surface area contributed by atoms with E-state index in [4.69, 9.17) is 9.84 Å². The number of carbonyl (C=O) groups excluding carboxylic acids is 1. The Bertz CT molecular complexity index is 557. The number of urea groups is 1. The number of carboxylic acids is 1. The Hall–Kier alpha value is -2.24. The van der Waals surface area contributed by atoms with Gasteiger partial charge in [-0.1, -0.05) is 12.1 Å². The Labute approximate surface area is 130 Å². The first-order valence-corrected chi connectivity index (χ1v) is 7.37. The van der Waals surface area contributed by atoms with E-state index >= 15 is 0 Å². The standard InChI is InChI=1S/C16H22N2O4/c1-16(2)7-4-8-18(16)15(21)17-10-12-5-3-6-13(9-12)22-11-14(19)20/h3,5-6,9H,4,7-8,10-11H2,1-2H3,(H,17,21)(H,19,20). The monoisotopic (exact) mass is 306 g/mol. The number of carboxylic acid groups (broad SMARTS) is 1. The van der Waals surface area contributed by atoms with E-state index in [1.54, 1.807) is 18.2 Å². The van der Waals surface area contributed by atoms with Crippen molar-refractivity contribution in [1.82, 2.24) is 10.2 Å². The highest BCUT2D eigenvalue weighted by molar-refractivity contribution is 5.75. The summed E-state index contributed by atoms with van der Waals surface area (Å²) in [6, 6.07) is 7.00. The lowest BCUT2D eigenvalue weighted by molar-refractivity contribution is -0.139. The number of benzene rings is 1. The molecule has 1 aliphatic rings.